The minimum atomic E-state index is -0.148. The van der Waals surface area contributed by atoms with E-state index in [0.29, 0.717) is 11.5 Å². The fraction of sp³-hybridized carbons (Fsp3) is 0.625. The van der Waals surface area contributed by atoms with E-state index in [1.165, 1.54) is 37.8 Å². The molecule has 0 amide bonds. The van der Waals surface area contributed by atoms with Gasteiger partial charge in [0.25, 0.3) is 0 Å². The molecule has 2 aliphatic carbocycles. The van der Waals surface area contributed by atoms with Gasteiger partial charge < -0.3 is 5.32 Å². The van der Waals surface area contributed by atoms with Crippen LogP contribution in [-0.4, -0.2) is 12.6 Å². The van der Waals surface area contributed by atoms with Crippen molar-refractivity contribution in [3.63, 3.8) is 0 Å². The van der Waals surface area contributed by atoms with Crippen LogP contribution in [0, 0.1) is 17.2 Å². The van der Waals surface area contributed by atoms with Crippen molar-refractivity contribution in [1.29, 1.82) is 0 Å². The molecule has 0 spiro atoms. The van der Waals surface area contributed by atoms with E-state index in [0.717, 1.165) is 12.3 Å². The Morgan fingerprint density at radius 1 is 1.28 bits per heavy atom. The van der Waals surface area contributed by atoms with Crippen molar-refractivity contribution in [3.8, 4) is 0 Å². The van der Waals surface area contributed by atoms with Gasteiger partial charge in [-0.3, -0.25) is 0 Å². The average Bonchev–Trinajstić information content (AvgIpc) is 3.22. The molecule has 0 aromatic heterocycles. The van der Waals surface area contributed by atoms with Crippen LogP contribution in [0.2, 0.25) is 0 Å². The third-order valence-electron chi connectivity index (χ3n) is 4.59. The van der Waals surface area contributed by atoms with E-state index in [9.17, 15) is 4.39 Å². The Morgan fingerprint density at radius 2 is 1.94 bits per heavy atom. The topological polar surface area (TPSA) is 12.0 Å². The average molecular weight is 247 g/mol. The fourth-order valence-electron chi connectivity index (χ4n) is 3.01. The first-order valence-corrected chi connectivity index (χ1v) is 7.16. The van der Waals surface area contributed by atoms with Gasteiger partial charge >= 0.3 is 0 Å². The van der Waals surface area contributed by atoms with Crippen molar-refractivity contribution in [2.45, 2.75) is 45.1 Å². The SMILES string of the molecule is CC(Cc1ccc(F)cc1)NCC1(C2CC2)CC1. The highest BCUT2D eigenvalue weighted by molar-refractivity contribution is 5.17. The minimum absolute atomic E-state index is 0.148. The maximum absolute atomic E-state index is 12.8. The maximum atomic E-state index is 12.8. The number of hydrogen-bond acceptors (Lipinski definition) is 1. The lowest BCUT2D eigenvalue weighted by Gasteiger charge is -2.20. The highest BCUT2D eigenvalue weighted by Crippen LogP contribution is 2.60. The highest BCUT2D eigenvalue weighted by Gasteiger charge is 2.53. The number of nitrogens with one attached hydrogen (secondary N) is 1. The quantitative estimate of drug-likeness (QED) is 0.811. The highest BCUT2D eigenvalue weighted by atomic mass is 19.1. The summed E-state index contributed by atoms with van der Waals surface area (Å²) < 4.78 is 12.8. The van der Waals surface area contributed by atoms with Crippen LogP contribution in [0.25, 0.3) is 0 Å². The molecule has 1 atom stereocenters. The molecule has 2 heteroatoms. The van der Waals surface area contributed by atoms with E-state index >= 15 is 0 Å². The molecule has 98 valence electrons. The fourth-order valence-corrected chi connectivity index (χ4v) is 3.01. The first-order valence-electron chi connectivity index (χ1n) is 7.16. The van der Waals surface area contributed by atoms with Crippen molar-refractivity contribution in [2.75, 3.05) is 6.54 Å². The molecule has 0 radical (unpaired) electrons. The van der Waals surface area contributed by atoms with Gasteiger partial charge in [0.15, 0.2) is 0 Å². The third-order valence-corrected chi connectivity index (χ3v) is 4.59. The van der Waals surface area contributed by atoms with Gasteiger partial charge in [-0.25, -0.2) is 4.39 Å². The first kappa shape index (κ1) is 12.2. The summed E-state index contributed by atoms with van der Waals surface area (Å²) in [5, 5.41) is 3.68. The van der Waals surface area contributed by atoms with Gasteiger partial charge in [0, 0.05) is 12.6 Å². The molecule has 2 aliphatic rings. The third kappa shape index (κ3) is 2.74. The molecule has 2 saturated carbocycles. The van der Waals surface area contributed by atoms with Crippen LogP contribution in [0.4, 0.5) is 4.39 Å². The van der Waals surface area contributed by atoms with E-state index in [1.807, 2.05) is 12.1 Å². The molecule has 1 aromatic rings. The Labute approximate surface area is 109 Å². The van der Waals surface area contributed by atoms with E-state index in [-0.39, 0.29) is 5.82 Å². The Balaban J connectivity index is 1.46. The zero-order chi connectivity index (χ0) is 12.6. The molecule has 18 heavy (non-hydrogen) atoms. The van der Waals surface area contributed by atoms with Crippen LogP contribution in [0.3, 0.4) is 0 Å². The van der Waals surface area contributed by atoms with E-state index in [4.69, 9.17) is 0 Å². The zero-order valence-corrected chi connectivity index (χ0v) is 11.1. The minimum Gasteiger partial charge on any atom is -0.313 e. The van der Waals surface area contributed by atoms with Gasteiger partial charge in [0.2, 0.25) is 0 Å². The largest absolute Gasteiger partial charge is 0.313 e. The van der Waals surface area contributed by atoms with E-state index < -0.39 is 0 Å². The molecule has 0 heterocycles. The Morgan fingerprint density at radius 3 is 2.50 bits per heavy atom. The second-order valence-corrected chi connectivity index (χ2v) is 6.25. The molecule has 0 aliphatic heterocycles. The molecular weight excluding hydrogens is 225 g/mol. The molecule has 3 rings (SSSR count). The molecule has 0 bridgehead atoms. The summed E-state index contributed by atoms with van der Waals surface area (Å²) in [6.07, 6.45) is 6.74. The molecule has 1 nitrogen and oxygen atoms in total. The van der Waals surface area contributed by atoms with Gasteiger partial charge in [-0.15, -0.1) is 0 Å². The summed E-state index contributed by atoms with van der Waals surface area (Å²) in [6, 6.07) is 7.36. The normalized spacial score (nSPS) is 22.8. The first-order chi connectivity index (χ1) is 8.68. The van der Waals surface area contributed by atoms with Crippen molar-refractivity contribution in [3.05, 3.63) is 35.6 Å². The standard InChI is InChI=1S/C16H22FN/c1-12(10-13-2-6-15(17)7-3-13)18-11-16(8-9-16)14-4-5-14/h2-3,6-7,12,14,18H,4-5,8-11H2,1H3. The van der Waals surface area contributed by atoms with Crippen molar-refractivity contribution in [1.82, 2.24) is 5.32 Å². The molecule has 1 N–H and O–H groups in total. The molecule has 0 saturated heterocycles. The predicted molar refractivity (Wildman–Crippen MR) is 72.0 cm³/mol. The summed E-state index contributed by atoms with van der Waals surface area (Å²) >= 11 is 0. The van der Waals surface area contributed by atoms with Gasteiger partial charge in [0.1, 0.15) is 5.82 Å². The van der Waals surface area contributed by atoms with Gasteiger partial charge in [0.05, 0.1) is 0 Å². The number of halogens is 1. The Bertz CT molecular complexity index is 404. The van der Waals surface area contributed by atoms with E-state index in [2.05, 4.69) is 12.2 Å². The van der Waals surface area contributed by atoms with Crippen LogP contribution in [0.15, 0.2) is 24.3 Å². The van der Waals surface area contributed by atoms with Gasteiger partial charge in [-0.05, 0) is 68.1 Å². The predicted octanol–water partition coefficient (Wildman–Crippen LogP) is 3.54. The van der Waals surface area contributed by atoms with Crippen molar-refractivity contribution in [2.24, 2.45) is 11.3 Å². The smallest absolute Gasteiger partial charge is 0.123 e. The van der Waals surface area contributed by atoms with Crippen LogP contribution in [0.5, 0.6) is 0 Å². The second-order valence-electron chi connectivity index (χ2n) is 6.25. The van der Waals surface area contributed by atoms with Crippen LogP contribution < -0.4 is 5.32 Å². The number of benzene rings is 1. The van der Waals surface area contributed by atoms with Crippen molar-refractivity contribution < 1.29 is 4.39 Å². The summed E-state index contributed by atoms with van der Waals surface area (Å²) in [4.78, 5) is 0. The Hall–Kier alpha value is -0.890. The second kappa shape index (κ2) is 4.65. The number of rotatable bonds is 6. The monoisotopic (exact) mass is 247 g/mol. The lowest BCUT2D eigenvalue weighted by Crippen LogP contribution is -2.34. The van der Waals surface area contributed by atoms with Gasteiger partial charge in [-0.2, -0.15) is 0 Å². The van der Waals surface area contributed by atoms with Crippen molar-refractivity contribution >= 4 is 0 Å². The van der Waals surface area contributed by atoms with Gasteiger partial charge in [-0.1, -0.05) is 12.1 Å². The van der Waals surface area contributed by atoms with Crippen LogP contribution >= 0.6 is 0 Å². The summed E-state index contributed by atoms with van der Waals surface area (Å²) in [5.41, 5.74) is 1.88. The lowest BCUT2D eigenvalue weighted by atomic mass is 9.99. The van der Waals surface area contributed by atoms with E-state index in [1.54, 1.807) is 12.1 Å². The summed E-state index contributed by atoms with van der Waals surface area (Å²) in [7, 11) is 0. The summed E-state index contributed by atoms with van der Waals surface area (Å²) in [5.74, 6) is 0.869. The van der Waals surface area contributed by atoms with Crippen LogP contribution in [0.1, 0.15) is 38.2 Å². The Kier molecular flexibility index (Phi) is 3.14. The zero-order valence-electron chi connectivity index (χ0n) is 11.1. The molecule has 1 aromatic carbocycles. The molecular formula is C16H22FN. The molecule has 2 fully saturated rings. The lowest BCUT2D eigenvalue weighted by molar-refractivity contribution is 0.378. The summed E-state index contributed by atoms with van der Waals surface area (Å²) in [6.45, 7) is 3.41. The number of hydrogen-bond donors (Lipinski definition) is 1. The maximum Gasteiger partial charge on any atom is 0.123 e. The van der Waals surface area contributed by atoms with Crippen LogP contribution in [-0.2, 0) is 6.42 Å². The molecule has 1 unspecified atom stereocenters.